The van der Waals surface area contributed by atoms with Gasteiger partial charge in [-0.1, -0.05) is 13.0 Å². The fourth-order valence-electron chi connectivity index (χ4n) is 3.55. The van der Waals surface area contributed by atoms with E-state index < -0.39 is 17.7 Å². The summed E-state index contributed by atoms with van der Waals surface area (Å²) in [6.45, 7) is 2.77. The van der Waals surface area contributed by atoms with E-state index in [-0.39, 0.29) is 36.2 Å². The standard InChI is InChI=1S/C19H22F2N4O2/c1-11-5-6-25(16(26)10-22-2)18(11)19(27)24-8-12-7-23-9-14-13(12)3-4-15(20)17(14)21/h3-4,7,9,11,18,22H,5-6,8,10H2,1-2H3,(H,24,27). The third kappa shape index (κ3) is 3.75. The summed E-state index contributed by atoms with van der Waals surface area (Å²) in [6, 6.07) is 1.99. The molecule has 0 bridgehead atoms. The van der Waals surface area contributed by atoms with Gasteiger partial charge in [-0.2, -0.15) is 0 Å². The van der Waals surface area contributed by atoms with Crippen LogP contribution in [0, 0.1) is 17.6 Å². The molecule has 2 aromatic rings. The fraction of sp³-hybridized carbons (Fsp3) is 0.421. The summed E-state index contributed by atoms with van der Waals surface area (Å²) in [5.74, 6) is -2.23. The molecule has 2 amide bonds. The van der Waals surface area contributed by atoms with Crippen LogP contribution in [0.2, 0.25) is 0 Å². The second kappa shape index (κ2) is 7.96. The molecule has 1 saturated heterocycles. The minimum absolute atomic E-state index is 0.0444. The van der Waals surface area contributed by atoms with Gasteiger partial charge in [0.1, 0.15) is 6.04 Å². The molecule has 2 unspecified atom stereocenters. The Labute approximate surface area is 155 Å². The lowest BCUT2D eigenvalue weighted by atomic mass is 10.0. The summed E-state index contributed by atoms with van der Waals surface area (Å²) < 4.78 is 27.3. The van der Waals surface area contributed by atoms with Crippen molar-refractivity contribution in [3.63, 3.8) is 0 Å². The molecule has 6 nitrogen and oxygen atoms in total. The number of likely N-dealkylation sites (tertiary alicyclic amines) is 1. The van der Waals surface area contributed by atoms with Gasteiger partial charge in [0, 0.05) is 30.9 Å². The number of benzene rings is 1. The van der Waals surface area contributed by atoms with Gasteiger partial charge in [-0.3, -0.25) is 14.6 Å². The van der Waals surface area contributed by atoms with Gasteiger partial charge in [-0.25, -0.2) is 8.78 Å². The maximum Gasteiger partial charge on any atom is 0.243 e. The van der Waals surface area contributed by atoms with Crippen LogP contribution >= 0.6 is 0 Å². The van der Waals surface area contributed by atoms with Crippen LogP contribution in [0.15, 0.2) is 24.5 Å². The number of fused-ring (bicyclic) bond motifs is 1. The zero-order valence-electron chi connectivity index (χ0n) is 15.3. The molecule has 2 N–H and O–H groups in total. The monoisotopic (exact) mass is 376 g/mol. The Balaban J connectivity index is 1.76. The molecule has 0 radical (unpaired) electrons. The zero-order chi connectivity index (χ0) is 19.6. The van der Waals surface area contributed by atoms with E-state index >= 15 is 0 Å². The summed E-state index contributed by atoms with van der Waals surface area (Å²) in [5.41, 5.74) is 0.582. The number of pyridine rings is 1. The van der Waals surface area contributed by atoms with Crippen LogP contribution in [0.4, 0.5) is 8.78 Å². The molecule has 1 aliphatic heterocycles. The Bertz CT molecular complexity index is 874. The van der Waals surface area contributed by atoms with Gasteiger partial charge in [-0.15, -0.1) is 0 Å². The number of halogens is 2. The summed E-state index contributed by atoms with van der Waals surface area (Å²) in [5, 5.41) is 6.19. The van der Waals surface area contributed by atoms with Crippen LogP contribution in [0.1, 0.15) is 18.9 Å². The van der Waals surface area contributed by atoms with Crippen molar-refractivity contribution in [1.29, 1.82) is 0 Å². The van der Waals surface area contributed by atoms with E-state index in [0.717, 1.165) is 12.5 Å². The van der Waals surface area contributed by atoms with Crippen molar-refractivity contribution in [1.82, 2.24) is 20.5 Å². The van der Waals surface area contributed by atoms with Gasteiger partial charge < -0.3 is 15.5 Å². The molecule has 3 rings (SSSR count). The Morgan fingerprint density at radius 3 is 2.78 bits per heavy atom. The summed E-state index contributed by atoms with van der Waals surface area (Å²) in [6.07, 6.45) is 3.53. The van der Waals surface area contributed by atoms with Crippen LogP contribution in [-0.2, 0) is 16.1 Å². The Morgan fingerprint density at radius 1 is 1.26 bits per heavy atom. The first-order chi connectivity index (χ1) is 12.9. The molecular weight excluding hydrogens is 354 g/mol. The molecule has 1 aromatic heterocycles. The van der Waals surface area contributed by atoms with Gasteiger partial charge in [-0.05, 0) is 36.4 Å². The average Bonchev–Trinajstić information content (AvgIpc) is 3.04. The lowest BCUT2D eigenvalue weighted by Gasteiger charge is -2.26. The lowest BCUT2D eigenvalue weighted by Crippen LogP contribution is -2.49. The Morgan fingerprint density at radius 2 is 2.04 bits per heavy atom. The fourth-order valence-corrected chi connectivity index (χ4v) is 3.55. The molecule has 8 heteroatoms. The van der Waals surface area contributed by atoms with Gasteiger partial charge >= 0.3 is 0 Å². The van der Waals surface area contributed by atoms with E-state index in [1.54, 1.807) is 11.9 Å². The van der Waals surface area contributed by atoms with Crippen LogP contribution in [0.3, 0.4) is 0 Å². The van der Waals surface area contributed by atoms with Crippen molar-refractivity contribution in [2.45, 2.75) is 25.9 Å². The molecular formula is C19H22F2N4O2. The highest BCUT2D eigenvalue weighted by atomic mass is 19.2. The molecule has 27 heavy (non-hydrogen) atoms. The normalized spacial score (nSPS) is 19.5. The number of hydrogen-bond acceptors (Lipinski definition) is 4. The number of likely N-dealkylation sites (N-methyl/N-ethyl adjacent to an activating group) is 1. The quantitative estimate of drug-likeness (QED) is 0.831. The van der Waals surface area contributed by atoms with Gasteiger partial charge in [0.05, 0.1) is 6.54 Å². The minimum Gasteiger partial charge on any atom is -0.350 e. The number of rotatable bonds is 5. The maximum atomic E-state index is 13.9. The molecule has 2 atom stereocenters. The van der Waals surface area contributed by atoms with Crippen molar-refractivity contribution < 1.29 is 18.4 Å². The lowest BCUT2D eigenvalue weighted by molar-refractivity contribution is -0.138. The van der Waals surface area contributed by atoms with E-state index in [0.29, 0.717) is 17.5 Å². The van der Waals surface area contributed by atoms with Gasteiger partial charge in [0.25, 0.3) is 0 Å². The third-order valence-electron chi connectivity index (χ3n) is 4.98. The van der Waals surface area contributed by atoms with E-state index in [9.17, 15) is 18.4 Å². The predicted octanol–water partition coefficient (Wildman–Crippen LogP) is 1.59. The molecule has 1 aromatic carbocycles. The minimum atomic E-state index is -0.957. The molecule has 0 spiro atoms. The van der Waals surface area contributed by atoms with Crippen LogP contribution in [-0.4, -0.2) is 47.9 Å². The largest absolute Gasteiger partial charge is 0.350 e. The van der Waals surface area contributed by atoms with E-state index in [1.165, 1.54) is 18.5 Å². The predicted molar refractivity (Wildman–Crippen MR) is 96.7 cm³/mol. The Hall–Kier alpha value is -2.61. The molecule has 2 heterocycles. The molecule has 1 fully saturated rings. The number of carbonyl (C=O) groups excluding carboxylic acids is 2. The first-order valence-corrected chi connectivity index (χ1v) is 8.86. The molecule has 1 aliphatic rings. The zero-order valence-corrected chi connectivity index (χ0v) is 15.3. The smallest absolute Gasteiger partial charge is 0.243 e. The maximum absolute atomic E-state index is 13.9. The number of hydrogen-bond donors (Lipinski definition) is 2. The number of carbonyl (C=O) groups is 2. The van der Waals surface area contributed by atoms with E-state index in [4.69, 9.17) is 0 Å². The second-order valence-corrected chi connectivity index (χ2v) is 6.80. The number of nitrogens with zero attached hydrogens (tertiary/aromatic N) is 2. The van der Waals surface area contributed by atoms with Crippen molar-refractivity contribution in [3.8, 4) is 0 Å². The molecule has 0 aliphatic carbocycles. The number of nitrogens with one attached hydrogen (secondary N) is 2. The first-order valence-electron chi connectivity index (χ1n) is 8.86. The highest BCUT2D eigenvalue weighted by Gasteiger charge is 2.38. The second-order valence-electron chi connectivity index (χ2n) is 6.80. The van der Waals surface area contributed by atoms with E-state index in [1.807, 2.05) is 6.92 Å². The van der Waals surface area contributed by atoms with E-state index in [2.05, 4.69) is 15.6 Å². The van der Waals surface area contributed by atoms with Crippen molar-refractivity contribution >= 4 is 22.6 Å². The van der Waals surface area contributed by atoms with Crippen LogP contribution < -0.4 is 10.6 Å². The first kappa shape index (κ1) is 19.2. The highest BCUT2D eigenvalue weighted by molar-refractivity contribution is 5.90. The third-order valence-corrected chi connectivity index (χ3v) is 4.98. The van der Waals surface area contributed by atoms with Crippen LogP contribution in [0.25, 0.3) is 10.8 Å². The number of amides is 2. The molecule has 144 valence electrons. The van der Waals surface area contributed by atoms with Crippen molar-refractivity contribution in [2.75, 3.05) is 20.1 Å². The SMILES string of the molecule is CNCC(=O)N1CCC(C)C1C(=O)NCc1cncc2c(F)c(F)ccc12. The summed E-state index contributed by atoms with van der Waals surface area (Å²) in [4.78, 5) is 30.5. The topological polar surface area (TPSA) is 74.3 Å². The van der Waals surface area contributed by atoms with Gasteiger partial charge in [0.15, 0.2) is 11.6 Å². The van der Waals surface area contributed by atoms with Crippen molar-refractivity contribution in [2.24, 2.45) is 5.92 Å². The Kier molecular flexibility index (Phi) is 5.65. The number of aromatic nitrogens is 1. The highest BCUT2D eigenvalue weighted by Crippen LogP contribution is 2.25. The van der Waals surface area contributed by atoms with Crippen molar-refractivity contribution in [3.05, 3.63) is 41.7 Å². The summed E-state index contributed by atoms with van der Waals surface area (Å²) >= 11 is 0. The average molecular weight is 376 g/mol. The summed E-state index contributed by atoms with van der Waals surface area (Å²) in [7, 11) is 1.68. The van der Waals surface area contributed by atoms with Crippen LogP contribution in [0.5, 0.6) is 0 Å². The van der Waals surface area contributed by atoms with Gasteiger partial charge in [0.2, 0.25) is 11.8 Å². The molecule has 0 saturated carbocycles.